The molecule has 1 aliphatic heterocycles. The number of nitriles is 1. The monoisotopic (exact) mass is 476 g/mol. The van der Waals surface area contributed by atoms with Crippen molar-refractivity contribution in [3.05, 3.63) is 89.1 Å². The number of hydrogen-bond acceptors (Lipinski definition) is 7. The maximum Gasteiger partial charge on any atom is 0.226 e. The number of nitrogens with zero attached hydrogens (tertiary/aromatic N) is 6. The lowest BCUT2D eigenvalue weighted by Gasteiger charge is -2.24. The van der Waals surface area contributed by atoms with Crippen LogP contribution in [0.25, 0.3) is 17.0 Å². The van der Waals surface area contributed by atoms with Gasteiger partial charge < -0.3 is 15.0 Å². The largest absolute Gasteiger partial charge is 0.489 e. The van der Waals surface area contributed by atoms with E-state index in [2.05, 4.69) is 31.3 Å². The topological polar surface area (TPSA) is 134 Å². The summed E-state index contributed by atoms with van der Waals surface area (Å²) in [6.07, 6.45) is 3.28. The molecule has 1 amide bonds. The van der Waals surface area contributed by atoms with Crippen LogP contribution in [0, 0.1) is 18.3 Å². The Hall–Kier alpha value is -5.04. The number of nitrogens with one attached hydrogen (secondary N) is 2. The number of benzene rings is 2. The summed E-state index contributed by atoms with van der Waals surface area (Å²) in [5, 5.41) is 17.0. The second kappa shape index (κ2) is 8.63. The van der Waals surface area contributed by atoms with Crippen molar-refractivity contribution < 1.29 is 9.53 Å². The molecule has 0 bridgehead atoms. The first-order valence-electron chi connectivity index (χ1n) is 11.4. The molecule has 0 radical (unpaired) electrons. The molecule has 2 aromatic carbocycles. The van der Waals surface area contributed by atoms with Crippen molar-refractivity contribution in [1.82, 2.24) is 29.7 Å². The first kappa shape index (κ1) is 21.5. The van der Waals surface area contributed by atoms with Crippen molar-refractivity contribution in [2.24, 2.45) is 0 Å². The number of ether oxygens (including phenoxy) is 1. The zero-order chi connectivity index (χ0) is 24.6. The second-order valence-corrected chi connectivity index (χ2v) is 8.49. The quantitative estimate of drug-likeness (QED) is 0.394. The van der Waals surface area contributed by atoms with Gasteiger partial charge in [-0.25, -0.2) is 15.0 Å². The Bertz CT molecular complexity index is 1650. The Morgan fingerprint density at radius 3 is 2.81 bits per heavy atom. The number of carbonyl (C=O) groups excluding carboxylic acids is 1. The molecule has 6 rings (SSSR count). The van der Waals surface area contributed by atoms with Crippen molar-refractivity contribution in [3.63, 3.8) is 0 Å². The van der Waals surface area contributed by atoms with Crippen LogP contribution in [0.2, 0.25) is 0 Å². The number of H-pyrrole nitrogens is 1. The van der Waals surface area contributed by atoms with Gasteiger partial charge in [0, 0.05) is 23.5 Å². The highest BCUT2D eigenvalue weighted by Crippen LogP contribution is 2.40. The van der Waals surface area contributed by atoms with Crippen LogP contribution in [0.1, 0.15) is 40.3 Å². The summed E-state index contributed by atoms with van der Waals surface area (Å²) in [5.41, 5.74) is 5.31. The van der Waals surface area contributed by atoms with Crippen molar-refractivity contribution in [1.29, 1.82) is 5.26 Å². The standard InChI is InChI=1S/C26H20N8O2/c1-15-22-20(16-6-8-19(9-7-16)36-12-18-5-3-2-4-17(18)11-27)10-21(35)32-25(22)34(33-15)26-23-24(29-13-28-23)30-14-31-26/h2-9,13-14,20H,10,12H2,1H3,(H,32,35)(H,28,29,30,31). The fourth-order valence-corrected chi connectivity index (χ4v) is 4.61. The molecule has 1 unspecified atom stereocenters. The van der Waals surface area contributed by atoms with Crippen LogP contribution in [-0.4, -0.2) is 35.6 Å². The molecule has 10 nitrogen and oxygen atoms in total. The Morgan fingerprint density at radius 1 is 1.14 bits per heavy atom. The molecule has 4 heterocycles. The van der Waals surface area contributed by atoms with Crippen LogP contribution in [-0.2, 0) is 11.4 Å². The first-order chi connectivity index (χ1) is 17.6. The zero-order valence-corrected chi connectivity index (χ0v) is 19.3. The summed E-state index contributed by atoms with van der Waals surface area (Å²) in [7, 11) is 0. The molecule has 0 fully saturated rings. The molecule has 3 aromatic heterocycles. The Balaban J connectivity index is 1.31. The van der Waals surface area contributed by atoms with Gasteiger partial charge in [0.2, 0.25) is 5.91 Å². The van der Waals surface area contributed by atoms with Crippen LogP contribution < -0.4 is 10.1 Å². The van der Waals surface area contributed by atoms with E-state index in [0.29, 0.717) is 47.1 Å². The van der Waals surface area contributed by atoms with Crippen LogP contribution in [0.15, 0.2) is 61.2 Å². The van der Waals surface area contributed by atoms with Crippen LogP contribution in [0.3, 0.4) is 0 Å². The van der Waals surface area contributed by atoms with Crippen LogP contribution >= 0.6 is 0 Å². The van der Waals surface area contributed by atoms with E-state index in [0.717, 1.165) is 22.4 Å². The number of fused-ring (bicyclic) bond motifs is 2. The first-order valence-corrected chi connectivity index (χ1v) is 11.4. The van der Waals surface area contributed by atoms with Gasteiger partial charge in [-0.2, -0.15) is 15.0 Å². The lowest BCUT2D eigenvalue weighted by atomic mass is 9.86. The van der Waals surface area contributed by atoms with Crippen LogP contribution in [0.5, 0.6) is 5.75 Å². The van der Waals surface area contributed by atoms with Gasteiger partial charge in [0.05, 0.1) is 23.7 Å². The molecule has 1 atom stereocenters. The Morgan fingerprint density at radius 2 is 1.97 bits per heavy atom. The zero-order valence-electron chi connectivity index (χ0n) is 19.3. The van der Waals surface area contributed by atoms with E-state index < -0.39 is 0 Å². The Labute approximate surface area is 205 Å². The molecule has 0 aliphatic carbocycles. The predicted molar refractivity (Wildman–Crippen MR) is 131 cm³/mol. The summed E-state index contributed by atoms with van der Waals surface area (Å²) in [5.74, 6) is 1.52. The molecule has 0 saturated heterocycles. The van der Waals surface area contributed by atoms with Crippen molar-refractivity contribution in [2.75, 3.05) is 5.32 Å². The maximum absolute atomic E-state index is 12.7. The average molecular weight is 477 g/mol. The SMILES string of the molecule is Cc1nn(-c2ncnc3nc[nH]c23)c2c1C(c1ccc(OCc3ccccc3C#N)cc1)CC(=O)N2. The lowest BCUT2D eigenvalue weighted by Crippen LogP contribution is -2.25. The fourth-order valence-electron chi connectivity index (χ4n) is 4.61. The maximum atomic E-state index is 12.7. The van der Waals surface area contributed by atoms with Crippen molar-refractivity contribution in [2.45, 2.75) is 25.9 Å². The average Bonchev–Trinajstić information content (AvgIpc) is 3.52. The van der Waals surface area contributed by atoms with Gasteiger partial charge in [-0.05, 0) is 30.7 Å². The number of aryl methyl sites for hydroxylation is 1. The van der Waals surface area contributed by atoms with E-state index in [4.69, 9.17) is 9.84 Å². The number of hydrogen-bond donors (Lipinski definition) is 2. The predicted octanol–water partition coefficient (Wildman–Crippen LogP) is 3.77. The van der Waals surface area contributed by atoms with Gasteiger partial charge in [0.25, 0.3) is 0 Å². The number of anilines is 1. The number of rotatable bonds is 5. The van der Waals surface area contributed by atoms with Crippen LogP contribution in [0.4, 0.5) is 5.82 Å². The third kappa shape index (κ3) is 3.63. The normalized spacial score (nSPS) is 14.8. The van der Waals surface area contributed by atoms with E-state index in [1.165, 1.54) is 6.33 Å². The Kier molecular flexibility index (Phi) is 5.15. The summed E-state index contributed by atoms with van der Waals surface area (Å²) < 4.78 is 7.56. The molecule has 36 heavy (non-hydrogen) atoms. The number of amides is 1. The lowest BCUT2D eigenvalue weighted by molar-refractivity contribution is -0.116. The van der Waals surface area contributed by atoms with Crippen molar-refractivity contribution in [3.8, 4) is 17.6 Å². The van der Waals surface area contributed by atoms with E-state index in [1.807, 2.05) is 49.4 Å². The minimum absolute atomic E-state index is 0.100. The molecule has 2 N–H and O–H groups in total. The fraction of sp³-hybridized carbons (Fsp3) is 0.154. The highest BCUT2D eigenvalue weighted by atomic mass is 16.5. The summed E-state index contributed by atoms with van der Waals surface area (Å²) >= 11 is 0. The van der Waals surface area contributed by atoms with Gasteiger partial charge in [0.1, 0.15) is 30.0 Å². The summed E-state index contributed by atoms with van der Waals surface area (Å²) in [4.78, 5) is 28.5. The highest BCUT2D eigenvalue weighted by molar-refractivity contribution is 5.95. The number of carbonyl (C=O) groups is 1. The van der Waals surface area contributed by atoms with E-state index in [-0.39, 0.29) is 11.8 Å². The molecule has 5 aromatic rings. The molecule has 10 heteroatoms. The third-order valence-electron chi connectivity index (χ3n) is 6.32. The number of aromatic nitrogens is 6. The van der Waals surface area contributed by atoms with Gasteiger partial charge in [-0.3, -0.25) is 4.79 Å². The summed E-state index contributed by atoms with van der Waals surface area (Å²) in [6, 6.07) is 17.3. The van der Waals surface area contributed by atoms with Crippen molar-refractivity contribution >= 4 is 22.9 Å². The van der Waals surface area contributed by atoms with Gasteiger partial charge in [-0.1, -0.05) is 30.3 Å². The number of aromatic amines is 1. The molecule has 0 saturated carbocycles. The molecular weight excluding hydrogens is 456 g/mol. The highest BCUT2D eigenvalue weighted by Gasteiger charge is 2.33. The number of imidazole rings is 1. The minimum atomic E-state index is -0.171. The van der Waals surface area contributed by atoms with E-state index in [9.17, 15) is 10.1 Å². The second-order valence-electron chi connectivity index (χ2n) is 8.49. The molecule has 1 aliphatic rings. The van der Waals surface area contributed by atoms with E-state index in [1.54, 1.807) is 17.1 Å². The van der Waals surface area contributed by atoms with Gasteiger partial charge >= 0.3 is 0 Å². The molecule has 0 spiro atoms. The van der Waals surface area contributed by atoms with Gasteiger partial charge in [-0.15, -0.1) is 0 Å². The summed E-state index contributed by atoms with van der Waals surface area (Å²) in [6.45, 7) is 2.22. The third-order valence-corrected chi connectivity index (χ3v) is 6.32. The molecular formula is C26H20N8O2. The van der Waals surface area contributed by atoms with Gasteiger partial charge in [0.15, 0.2) is 11.5 Å². The smallest absolute Gasteiger partial charge is 0.226 e. The van der Waals surface area contributed by atoms with E-state index >= 15 is 0 Å². The minimum Gasteiger partial charge on any atom is -0.489 e. The molecule has 176 valence electrons.